The van der Waals surface area contributed by atoms with Gasteiger partial charge in [0.1, 0.15) is 0 Å². The SMILES string of the molecule is [K+].[K+].[K].[OH-]. The van der Waals surface area contributed by atoms with Crippen LogP contribution in [0.5, 0.6) is 0 Å². The molecule has 4 heteroatoms. The van der Waals surface area contributed by atoms with Crippen molar-refractivity contribution in [3.63, 3.8) is 0 Å². The van der Waals surface area contributed by atoms with Crippen LogP contribution in [-0.4, -0.2) is 56.9 Å². The minimum Gasteiger partial charge on any atom is -0.870 e. The first-order valence-electron chi connectivity index (χ1n) is 0. The summed E-state index contributed by atoms with van der Waals surface area (Å²) in [5, 5.41) is 0. The molecule has 0 heterocycles. The van der Waals surface area contributed by atoms with Gasteiger partial charge in [0.2, 0.25) is 0 Å². The van der Waals surface area contributed by atoms with Gasteiger partial charge in [-0.25, -0.2) is 0 Å². The Kier molecular flexibility index (Phi) is 90.7. The molecule has 0 bridgehead atoms. The Labute approximate surface area is 154 Å². The van der Waals surface area contributed by atoms with E-state index in [9.17, 15) is 0 Å². The van der Waals surface area contributed by atoms with Gasteiger partial charge in [-0.05, 0) is 0 Å². The zero-order valence-corrected chi connectivity index (χ0v) is 12.8. The molecule has 0 aromatic heterocycles. The smallest absolute Gasteiger partial charge is 0.870 e. The molecule has 0 aliphatic heterocycles. The molecule has 1 nitrogen and oxygen atoms in total. The van der Waals surface area contributed by atoms with E-state index < -0.39 is 0 Å². The summed E-state index contributed by atoms with van der Waals surface area (Å²) in [5.74, 6) is 0. The fourth-order valence-electron chi connectivity index (χ4n) is 0. The molecule has 0 aromatic rings. The van der Waals surface area contributed by atoms with Gasteiger partial charge in [-0.15, -0.1) is 0 Å². The van der Waals surface area contributed by atoms with Crippen molar-refractivity contribution in [2.75, 3.05) is 0 Å². The van der Waals surface area contributed by atoms with E-state index >= 15 is 0 Å². The zero-order valence-electron chi connectivity index (χ0n) is 3.45. The van der Waals surface area contributed by atoms with E-state index in [4.69, 9.17) is 0 Å². The van der Waals surface area contributed by atoms with E-state index in [1.807, 2.05) is 0 Å². The van der Waals surface area contributed by atoms with Crippen LogP contribution in [0.4, 0.5) is 0 Å². The summed E-state index contributed by atoms with van der Waals surface area (Å²) in [6.07, 6.45) is 0. The summed E-state index contributed by atoms with van der Waals surface area (Å²) < 4.78 is 0. The largest absolute Gasteiger partial charge is 1.00 e. The second-order valence-electron chi connectivity index (χ2n) is 0. The van der Waals surface area contributed by atoms with Crippen LogP contribution >= 0.6 is 0 Å². The van der Waals surface area contributed by atoms with E-state index in [1.165, 1.54) is 0 Å². The molecule has 1 N–H and O–H groups in total. The van der Waals surface area contributed by atoms with Crippen LogP contribution in [0.2, 0.25) is 0 Å². The van der Waals surface area contributed by atoms with Crippen molar-refractivity contribution >= 4 is 51.4 Å². The number of hydrogen-bond donors (Lipinski definition) is 0. The Morgan fingerprint density at radius 2 is 0.750 bits per heavy atom. The Hall–Kier alpha value is 4.87. The molecule has 0 aliphatic carbocycles. The van der Waals surface area contributed by atoms with Gasteiger partial charge in [-0.2, -0.15) is 0 Å². The summed E-state index contributed by atoms with van der Waals surface area (Å²) >= 11 is 0. The molecule has 4 heavy (non-hydrogen) atoms. The third kappa shape index (κ3) is 9.98. The number of hydrogen-bond acceptors (Lipinski definition) is 1. The van der Waals surface area contributed by atoms with Crippen LogP contribution in [0.25, 0.3) is 0 Å². The van der Waals surface area contributed by atoms with E-state index in [2.05, 4.69) is 0 Å². The van der Waals surface area contributed by atoms with Gasteiger partial charge in [0, 0.05) is 51.4 Å². The van der Waals surface area contributed by atoms with Crippen molar-refractivity contribution < 1.29 is 108 Å². The third-order valence-electron chi connectivity index (χ3n) is 0. The molecule has 0 atom stereocenters. The van der Waals surface area contributed by atoms with Gasteiger partial charge in [-0.1, -0.05) is 0 Å². The molecule has 0 fully saturated rings. The monoisotopic (exact) mass is 134 g/mol. The average Bonchev–Trinajstić information content (AvgIpc) is 0. The Bertz CT molecular complexity index is 3.25. The first-order valence-corrected chi connectivity index (χ1v) is 0. The van der Waals surface area contributed by atoms with Crippen molar-refractivity contribution in [3.8, 4) is 0 Å². The number of rotatable bonds is 0. The van der Waals surface area contributed by atoms with Gasteiger partial charge < -0.3 is 5.48 Å². The van der Waals surface area contributed by atoms with Crippen LogP contribution in [0, 0.1) is 0 Å². The summed E-state index contributed by atoms with van der Waals surface area (Å²) in [6.45, 7) is 0. The molecular formula is HK3O+. The first kappa shape index (κ1) is 23.2. The van der Waals surface area contributed by atoms with Crippen LogP contribution in [0.15, 0.2) is 0 Å². The van der Waals surface area contributed by atoms with E-state index in [1.54, 1.807) is 0 Å². The molecule has 1 radical (unpaired) electrons. The summed E-state index contributed by atoms with van der Waals surface area (Å²) in [7, 11) is 0. The van der Waals surface area contributed by atoms with Crippen LogP contribution < -0.4 is 103 Å². The van der Waals surface area contributed by atoms with Crippen LogP contribution in [-0.2, 0) is 0 Å². The maximum absolute atomic E-state index is 0. The Morgan fingerprint density at radius 1 is 0.750 bits per heavy atom. The van der Waals surface area contributed by atoms with E-state index in [0.717, 1.165) is 0 Å². The van der Waals surface area contributed by atoms with Crippen LogP contribution in [0.1, 0.15) is 0 Å². The minimum atomic E-state index is 0. The average molecular weight is 134 g/mol. The molecule has 0 aromatic carbocycles. The molecule has 0 aliphatic rings. The topological polar surface area (TPSA) is 30.0 Å². The Balaban J connectivity index is 0. The van der Waals surface area contributed by atoms with Gasteiger partial charge in [0.15, 0.2) is 0 Å². The Morgan fingerprint density at radius 3 is 0.750 bits per heavy atom. The minimum absolute atomic E-state index is 0. The quantitative estimate of drug-likeness (QED) is 0.303. The maximum atomic E-state index is 0. The maximum Gasteiger partial charge on any atom is 1.00 e. The predicted molar refractivity (Wildman–Crippen MR) is 7.69 cm³/mol. The molecule has 0 saturated carbocycles. The van der Waals surface area contributed by atoms with Crippen molar-refractivity contribution in [3.05, 3.63) is 0 Å². The molecule has 9 valence electrons. The molecule has 0 amide bonds. The predicted octanol–water partition coefficient (Wildman–Crippen LogP) is -6.55. The summed E-state index contributed by atoms with van der Waals surface area (Å²) in [5.41, 5.74) is 0. The summed E-state index contributed by atoms with van der Waals surface area (Å²) in [6, 6.07) is 0. The molecule has 0 unspecified atom stereocenters. The molecular weight excluding hydrogens is 133 g/mol. The fourth-order valence-corrected chi connectivity index (χ4v) is 0. The van der Waals surface area contributed by atoms with Crippen molar-refractivity contribution in [2.24, 2.45) is 0 Å². The van der Waals surface area contributed by atoms with Crippen molar-refractivity contribution in [2.45, 2.75) is 0 Å². The molecule has 0 spiro atoms. The second kappa shape index (κ2) is 15.7. The molecule has 0 saturated heterocycles. The van der Waals surface area contributed by atoms with E-state index in [0.29, 0.717) is 0 Å². The van der Waals surface area contributed by atoms with Gasteiger partial charge in [-0.3, -0.25) is 0 Å². The normalized spacial score (nSPS) is 0. The second-order valence-corrected chi connectivity index (χ2v) is 0. The van der Waals surface area contributed by atoms with Gasteiger partial charge >= 0.3 is 103 Å². The van der Waals surface area contributed by atoms with Crippen molar-refractivity contribution in [1.29, 1.82) is 0 Å². The summed E-state index contributed by atoms with van der Waals surface area (Å²) in [4.78, 5) is 0. The fraction of sp³-hybridized carbons (Fsp3) is 0. The zero-order chi connectivity index (χ0) is 0. The van der Waals surface area contributed by atoms with Gasteiger partial charge in [0.05, 0.1) is 0 Å². The third-order valence-corrected chi connectivity index (χ3v) is 0. The standard InChI is InChI=1S/3K.H2O/h;;;1H2/q;2*+1;/p-1. The van der Waals surface area contributed by atoms with Crippen LogP contribution in [0.3, 0.4) is 0 Å². The van der Waals surface area contributed by atoms with Crippen molar-refractivity contribution in [1.82, 2.24) is 0 Å². The van der Waals surface area contributed by atoms with E-state index in [-0.39, 0.29) is 160 Å². The first-order chi connectivity index (χ1) is 0. The van der Waals surface area contributed by atoms with Gasteiger partial charge in [0.25, 0.3) is 0 Å². The molecule has 0 rings (SSSR count).